The topological polar surface area (TPSA) is 17.1 Å². The van der Waals surface area contributed by atoms with Crippen LogP contribution in [0, 0.1) is 0 Å². The molecule has 0 radical (unpaired) electrons. The van der Waals surface area contributed by atoms with Crippen LogP contribution in [0.3, 0.4) is 0 Å². The van der Waals surface area contributed by atoms with E-state index in [0.29, 0.717) is 5.56 Å². The molecule has 0 aromatic heterocycles. The first kappa shape index (κ1) is 13.8. The van der Waals surface area contributed by atoms with Gasteiger partial charge in [-0.25, -0.2) is 0 Å². The Labute approximate surface area is 122 Å². The molecular formula is C17H15BrO. The number of benzene rings is 2. The van der Waals surface area contributed by atoms with Gasteiger partial charge in [0.25, 0.3) is 0 Å². The molecule has 0 aliphatic rings. The summed E-state index contributed by atoms with van der Waals surface area (Å²) in [4.78, 5) is 12.1. The minimum atomic E-state index is 0.0206. The number of carbonyl (C=O) groups excluding carboxylic acids is 1. The zero-order valence-corrected chi connectivity index (χ0v) is 12.4. The molecule has 1 nitrogen and oxygen atoms in total. The molecule has 0 amide bonds. The van der Waals surface area contributed by atoms with Gasteiger partial charge in [-0.1, -0.05) is 65.3 Å². The highest BCUT2D eigenvalue weighted by Crippen LogP contribution is 2.15. The van der Waals surface area contributed by atoms with Gasteiger partial charge in [-0.05, 0) is 35.8 Å². The zero-order chi connectivity index (χ0) is 13.7. The summed E-state index contributed by atoms with van der Waals surface area (Å²) >= 11 is 3.37. The minimum absolute atomic E-state index is 0.0206. The van der Waals surface area contributed by atoms with Gasteiger partial charge in [0.15, 0.2) is 5.78 Å². The smallest absolute Gasteiger partial charge is 0.185 e. The third kappa shape index (κ3) is 3.65. The third-order valence-electron chi connectivity index (χ3n) is 2.96. The number of aryl methyl sites for hydroxylation is 1. The van der Waals surface area contributed by atoms with Crippen molar-refractivity contribution in [3.63, 3.8) is 0 Å². The van der Waals surface area contributed by atoms with Crippen molar-refractivity contribution in [3.05, 3.63) is 75.8 Å². The van der Waals surface area contributed by atoms with Gasteiger partial charge in [0, 0.05) is 10.0 Å². The number of hydrogen-bond acceptors (Lipinski definition) is 1. The standard InChI is InChI=1S/C17H15BrO/c1-2-13-6-3-4-7-14(13)10-11-17(19)15-8-5-9-16(18)12-15/h3-12H,2H2,1H3/b11-10+. The highest BCUT2D eigenvalue weighted by Gasteiger charge is 2.02. The van der Waals surface area contributed by atoms with Gasteiger partial charge in [0.2, 0.25) is 0 Å². The van der Waals surface area contributed by atoms with Crippen LogP contribution in [0.1, 0.15) is 28.4 Å². The van der Waals surface area contributed by atoms with Crippen molar-refractivity contribution in [2.75, 3.05) is 0 Å². The van der Waals surface area contributed by atoms with Crippen LogP contribution in [0.15, 0.2) is 59.1 Å². The minimum Gasteiger partial charge on any atom is -0.289 e. The second-order valence-electron chi connectivity index (χ2n) is 4.26. The Balaban J connectivity index is 2.21. The molecule has 0 spiro atoms. The summed E-state index contributed by atoms with van der Waals surface area (Å²) in [7, 11) is 0. The lowest BCUT2D eigenvalue weighted by Gasteiger charge is -2.02. The Morgan fingerprint density at radius 1 is 1.16 bits per heavy atom. The van der Waals surface area contributed by atoms with Crippen molar-refractivity contribution in [2.24, 2.45) is 0 Å². The van der Waals surface area contributed by atoms with Crippen molar-refractivity contribution in [3.8, 4) is 0 Å². The summed E-state index contributed by atoms with van der Waals surface area (Å²) in [5, 5.41) is 0. The van der Waals surface area contributed by atoms with E-state index in [9.17, 15) is 4.79 Å². The van der Waals surface area contributed by atoms with E-state index >= 15 is 0 Å². The lowest BCUT2D eigenvalue weighted by molar-refractivity contribution is 0.104. The van der Waals surface area contributed by atoms with Gasteiger partial charge in [-0.2, -0.15) is 0 Å². The maximum Gasteiger partial charge on any atom is 0.185 e. The second kappa shape index (κ2) is 6.48. The molecule has 0 saturated heterocycles. The second-order valence-corrected chi connectivity index (χ2v) is 5.18. The summed E-state index contributed by atoms with van der Waals surface area (Å²) in [6, 6.07) is 15.6. The molecule has 0 unspecified atom stereocenters. The fourth-order valence-corrected chi connectivity index (χ4v) is 2.32. The average Bonchev–Trinajstić information content (AvgIpc) is 2.45. The van der Waals surface area contributed by atoms with E-state index in [-0.39, 0.29) is 5.78 Å². The first-order valence-corrected chi connectivity index (χ1v) is 7.06. The Bertz CT molecular complexity index is 614. The maximum absolute atomic E-state index is 12.1. The van der Waals surface area contributed by atoms with Gasteiger partial charge < -0.3 is 0 Å². The molecule has 0 saturated carbocycles. The lowest BCUT2D eigenvalue weighted by atomic mass is 10.0. The Morgan fingerprint density at radius 3 is 2.68 bits per heavy atom. The van der Waals surface area contributed by atoms with Gasteiger partial charge in [0.05, 0.1) is 0 Å². The number of allylic oxidation sites excluding steroid dienone is 1. The highest BCUT2D eigenvalue weighted by atomic mass is 79.9. The van der Waals surface area contributed by atoms with Crippen molar-refractivity contribution in [1.82, 2.24) is 0 Å². The molecule has 2 rings (SSSR count). The van der Waals surface area contributed by atoms with E-state index in [2.05, 4.69) is 28.9 Å². The van der Waals surface area contributed by atoms with Crippen molar-refractivity contribution < 1.29 is 4.79 Å². The van der Waals surface area contributed by atoms with E-state index in [1.165, 1.54) is 5.56 Å². The van der Waals surface area contributed by atoms with E-state index in [4.69, 9.17) is 0 Å². The molecule has 0 heterocycles. The fraction of sp³-hybridized carbons (Fsp3) is 0.118. The number of carbonyl (C=O) groups is 1. The largest absolute Gasteiger partial charge is 0.289 e. The number of ketones is 1. The lowest BCUT2D eigenvalue weighted by Crippen LogP contribution is -1.94. The predicted octanol–water partition coefficient (Wildman–Crippen LogP) is 4.91. The first-order chi connectivity index (χ1) is 9.20. The van der Waals surface area contributed by atoms with Crippen molar-refractivity contribution in [1.29, 1.82) is 0 Å². The monoisotopic (exact) mass is 314 g/mol. The first-order valence-electron chi connectivity index (χ1n) is 6.26. The van der Waals surface area contributed by atoms with Gasteiger partial charge in [-0.3, -0.25) is 4.79 Å². The molecule has 2 heteroatoms. The molecule has 2 aromatic rings. The van der Waals surface area contributed by atoms with Crippen LogP contribution in [0.2, 0.25) is 0 Å². The molecule has 0 fully saturated rings. The predicted molar refractivity (Wildman–Crippen MR) is 83.3 cm³/mol. The fourth-order valence-electron chi connectivity index (χ4n) is 1.92. The van der Waals surface area contributed by atoms with Gasteiger partial charge in [-0.15, -0.1) is 0 Å². The van der Waals surface area contributed by atoms with E-state index in [1.807, 2.05) is 48.5 Å². The Kier molecular flexibility index (Phi) is 4.69. The molecule has 0 aliphatic heterocycles. The van der Waals surface area contributed by atoms with Crippen molar-refractivity contribution >= 4 is 27.8 Å². The Morgan fingerprint density at radius 2 is 1.95 bits per heavy atom. The number of rotatable bonds is 4. The summed E-state index contributed by atoms with van der Waals surface area (Å²) in [5.74, 6) is 0.0206. The highest BCUT2D eigenvalue weighted by molar-refractivity contribution is 9.10. The van der Waals surface area contributed by atoms with Crippen LogP contribution in [-0.2, 0) is 6.42 Å². The summed E-state index contributed by atoms with van der Waals surface area (Å²) < 4.78 is 0.917. The van der Waals surface area contributed by atoms with Crippen LogP contribution in [-0.4, -0.2) is 5.78 Å². The molecule has 2 aromatic carbocycles. The van der Waals surface area contributed by atoms with Crippen molar-refractivity contribution in [2.45, 2.75) is 13.3 Å². The summed E-state index contributed by atoms with van der Waals surface area (Å²) in [6.07, 6.45) is 4.49. The van der Waals surface area contributed by atoms with Crippen LogP contribution < -0.4 is 0 Å². The molecule has 0 N–H and O–H groups in total. The number of hydrogen-bond donors (Lipinski definition) is 0. The summed E-state index contributed by atoms with van der Waals surface area (Å²) in [5.41, 5.74) is 3.05. The number of halogens is 1. The van der Waals surface area contributed by atoms with E-state index < -0.39 is 0 Å². The molecule has 0 atom stereocenters. The molecule has 19 heavy (non-hydrogen) atoms. The molecule has 0 aliphatic carbocycles. The van der Waals surface area contributed by atoms with Gasteiger partial charge >= 0.3 is 0 Å². The zero-order valence-electron chi connectivity index (χ0n) is 10.8. The van der Waals surface area contributed by atoms with E-state index in [1.54, 1.807) is 6.08 Å². The van der Waals surface area contributed by atoms with Crippen LogP contribution in [0.4, 0.5) is 0 Å². The normalized spacial score (nSPS) is 10.8. The molecule has 0 bridgehead atoms. The quantitative estimate of drug-likeness (QED) is 0.579. The van der Waals surface area contributed by atoms with E-state index in [0.717, 1.165) is 16.5 Å². The average molecular weight is 315 g/mol. The Hall–Kier alpha value is -1.67. The third-order valence-corrected chi connectivity index (χ3v) is 3.45. The van der Waals surface area contributed by atoms with Gasteiger partial charge in [0.1, 0.15) is 0 Å². The van der Waals surface area contributed by atoms with Crippen LogP contribution in [0.5, 0.6) is 0 Å². The van der Waals surface area contributed by atoms with Crippen LogP contribution in [0.25, 0.3) is 6.08 Å². The van der Waals surface area contributed by atoms with Crippen LogP contribution >= 0.6 is 15.9 Å². The molecule has 96 valence electrons. The SMILES string of the molecule is CCc1ccccc1/C=C/C(=O)c1cccc(Br)c1. The maximum atomic E-state index is 12.1. The molecular weight excluding hydrogens is 300 g/mol. The summed E-state index contributed by atoms with van der Waals surface area (Å²) in [6.45, 7) is 2.11.